The zero-order valence-corrected chi connectivity index (χ0v) is 14.5. The number of hydrogen-bond donors (Lipinski definition) is 0. The number of ether oxygens (including phenoxy) is 1. The topological polar surface area (TPSA) is 50.6 Å². The highest BCUT2D eigenvalue weighted by Gasteiger charge is 2.34. The van der Waals surface area contributed by atoms with Crippen LogP contribution in [0.3, 0.4) is 0 Å². The Morgan fingerprint density at radius 2 is 1.96 bits per heavy atom. The predicted octanol–water partition coefficient (Wildman–Crippen LogP) is 1.89. The van der Waals surface area contributed by atoms with Crippen molar-refractivity contribution in [3.63, 3.8) is 0 Å². The number of hydrogen-bond acceptors (Lipinski definition) is 4. The maximum Gasteiger partial charge on any atom is 0.236 e. The molecular weight excluding hydrogens is 292 g/mol. The maximum absolute atomic E-state index is 12.6. The molecule has 23 heavy (non-hydrogen) atoms. The smallest absolute Gasteiger partial charge is 0.236 e. The molecule has 1 aromatic rings. The molecule has 1 aromatic heterocycles. The van der Waals surface area contributed by atoms with Crippen LogP contribution in [0.1, 0.15) is 49.4 Å². The fraction of sp³-hybridized carbons (Fsp3) is 0.765. The van der Waals surface area contributed by atoms with Gasteiger partial charge in [0.05, 0.1) is 24.9 Å². The predicted molar refractivity (Wildman–Crippen MR) is 88.5 cm³/mol. The minimum absolute atomic E-state index is 0.243. The van der Waals surface area contributed by atoms with Crippen LogP contribution in [-0.2, 0) is 11.8 Å². The van der Waals surface area contributed by atoms with Gasteiger partial charge >= 0.3 is 0 Å². The molecule has 0 bridgehead atoms. The first-order chi connectivity index (χ1) is 11.1. The Balaban J connectivity index is 1.74. The lowest BCUT2D eigenvalue weighted by molar-refractivity contribution is -0.133. The van der Waals surface area contributed by atoms with Gasteiger partial charge in [-0.15, -0.1) is 0 Å². The molecule has 0 radical (unpaired) electrons. The summed E-state index contributed by atoms with van der Waals surface area (Å²) in [5.74, 6) is 1.10. The molecule has 0 unspecified atom stereocenters. The first-order valence-electron chi connectivity index (χ1n) is 8.71. The molecule has 1 amide bonds. The van der Waals surface area contributed by atoms with Crippen molar-refractivity contribution < 1.29 is 9.53 Å². The SMILES string of the molecule is COc1c([C@H]2CCCN2CC(=O)N2CCCCC2)c(C)nn1C. The van der Waals surface area contributed by atoms with Gasteiger partial charge in [0.2, 0.25) is 11.8 Å². The molecule has 3 heterocycles. The maximum atomic E-state index is 12.6. The van der Waals surface area contributed by atoms with Crippen molar-refractivity contribution in [2.75, 3.05) is 33.3 Å². The van der Waals surface area contributed by atoms with Crippen LogP contribution in [0.15, 0.2) is 0 Å². The van der Waals surface area contributed by atoms with Crippen molar-refractivity contribution >= 4 is 5.91 Å². The third kappa shape index (κ3) is 3.22. The molecule has 0 aromatic carbocycles. The van der Waals surface area contributed by atoms with Crippen LogP contribution in [0.25, 0.3) is 0 Å². The molecule has 2 aliphatic rings. The summed E-state index contributed by atoms with van der Waals surface area (Å²) in [4.78, 5) is 17.0. The molecule has 0 N–H and O–H groups in total. The van der Waals surface area contributed by atoms with Crippen molar-refractivity contribution in [3.05, 3.63) is 11.3 Å². The number of amides is 1. The number of methoxy groups -OCH3 is 1. The highest BCUT2D eigenvalue weighted by molar-refractivity contribution is 5.78. The third-order valence-corrected chi connectivity index (χ3v) is 5.15. The Bertz CT molecular complexity index is 563. The highest BCUT2D eigenvalue weighted by Crippen LogP contribution is 2.38. The normalized spacial score (nSPS) is 22.6. The Labute approximate surface area is 138 Å². The molecule has 0 saturated carbocycles. The first-order valence-corrected chi connectivity index (χ1v) is 8.71. The number of rotatable bonds is 4. The van der Waals surface area contributed by atoms with Gasteiger partial charge in [-0.2, -0.15) is 5.10 Å². The number of carbonyl (C=O) groups excluding carboxylic acids is 1. The van der Waals surface area contributed by atoms with Gasteiger partial charge in [-0.3, -0.25) is 9.69 Å². The van der Waals surface area contributed by atoms with Gasteiger partial charge in [-0.25, -0.2) is 4.68 Å². The summed E-state index contributed by atoms with van der Waals surface area (Å²) in [5, 5.41) is 4.50. The second-order valence-corrected chi connectivity index (χ2v) is 6.70. The van der Waals surface area contributed by atoms with E-state index in [1.54, 1.807) is 11.8 Å². The van der Waals surface area contributed by atoms with Crippen molar-refractivity contribution in [1.29, 1.82) is 0 Å². The van der Waals surface area contributed by atoms with E-state index >= 15 is 0 Å². The highest BCUT2D eigenvalue weighted by atomic mass is 16.5. The molecule has 0 spiro atoms. The summed E-state index contributed by atoms with van der Waals surface area (Å²) in [7, 11) is 3.60. The van der Waals surface area contributed by atoms with Gasteiger partial charge in [0.1, 0.15) is 0 Å². The molecule has 6 nitrogen and oxygen atoms in total. The average Bonchev–Trinajstić information content (AvgIpc) is 3.11. The molecule has 1 atom stereocenters. The van der Waals surface area contributed by atoms with Gasteiger partial charge in [0, 0.05) is 26.2 Å². The Morgan fingerprint density at radius 1 is 1.22 bits per heavy atom. The van der Waals surface area contributed by atoms with Crippen molar-refractivity contribution in [1.82, 2.24) is 19.6 Å². The van der Waals surface area contributed by atoms with Crippen LogP contribution in [0.4, 0.5) is 0 Å². The lowest BCUT2D eigenvalue weighted by Crippen LogP contribution is -2.42. The van der Waals surface area contributed by atoms with E-state index in [-0.39, 0.29) is 11.9 Å². The summed E-state index contributed by atoms with van der Waals surface area (Å²) in [6, 6.07) is 0.243. The molecule has 2 fully saturated rings. The van der Waals surface area contributed by atoms with E-state index in [9.17, 15) is 4.79 Å². The van der Waals surface area contributed by atoms with E-state index in [1.807, 2.05) is 18.9 Å². The first kappa shape index (κ1) is 16.3. The molecule has 3 rings (SSSR count). The number of nitrogens with zero attached hydrogens (tertiary/aromatic N) is 4. The van der Waals surface area contributed by atoms with Crippen LogP contribution >= 0.6 is 0 Å². The summed E-state index contributed by atoms with van der Waals surface area (Å²) in [6.45, 7) is 5.36. The number of carbonyl (C=O) groups is 1. The number of piperidine rings is 1. The summed E-state index contributed by atoms with van der Waals surface area (Å²) in [5.41, 5.74) is 2.16. The zero-order valence-electron chi connectivity index (χ0n) is 14.5. The summed E-state index contributed by atoms with van der Waals surface area (Å²) in [6.07, 6.45) is 5.73. The van der Waals surface area contributed by atoms with E-state index in [4.69, 9.17) is 4.74 Å². The van der Waals surface area contributed by atoms with E-state index in [0.29, 0.717) is 6.54 Å². The molecule has 128 valence electrons. The lowest BCUT2D eigenvalue weighted by atomic mass is 10.0. The van der Waals surface area contributed by atoms with Gasteiger partial charge in [0.15, 0.2) is 0 Å². The van der Waals surface area contributed by atoms with E-state index in [2.05, 4.69) is 10.00 Å². The molecule has 2 saturated heterocycles. The molecule has 6 heteroatoms. The fourth-order valence-corrected chi connectivity index (χ4v) is 4.04. The quantitative estimate of drug-likeness (QED) is 0.850. The van der Waals surface area contributed by atoms with E-state index in [1.165, 1.54) is 6.42 Å². The Kier molecular flexibility index (Phi) is 4.90. The van der Waals surface area contributed by atoms with Crippen LogP contribution in [0.5, 0.6) is 5.88 Å². The van der Waals surface area contributed by atoms with E-state index in [0.717, 1.165) is 62.5 Å². The van der Waals surface area contributed by atoms with Gasteiger partial charge in [-0.1, -0.05) is 0 Å². The fourth-order valence-electron chi connectivity index (χ4n) is 4.04. The van der Waals surface area contributed by atoms with Crippen LogP contribution in [0, 0.1) is 6.92 Å². The van der Waals surface area contributed by atoms with Crippen LogP contribution in [0.2, 0.25) is 0 Å². The minimum Gasteiger partial charge on any atom is -0.481 e. The van der Waals surface area contributed by atoms with Crippen molar-refractivity contribution in [2.24, 2.45) is 7.05 Å². The lowest BCUT2D eigenvalue weighted by Gasteiger charge is -2.30. The average molecular weight is 320 g/mol. The second kappa shape index (κ2) is 6.91. The monoisotopic (exact) mass is 320 g/mol. The van der Waals surface area contributed by atoms with Gasteiger partial charge < -0.3 is 9.64 Å². The zero-order chi connectivity index (χ0) is 16.4. The third-order valence-electron chi connectivity index (χ3n) is 5.15. The number of likely N-dealkylation sites (tertiary alicyclic amines) is 2. The van der Waals surface area contributed by atoms with Crippen molar-refractivity contribution in [2.45, 2.75) is 45.1 Å². The molecular formula is C17H28N4O2. The standard InChI is InChI=1S/C17H28N4O2/c1-13-16(17(23-3)19(2)18-13)14-8-7-11-21(14)12-15(22)20-9-5-4-6-10-20/h14H,4-12H2,1-3H3/t14-/m1/s1. The van der Waals surface area contributed by atoms with Gasteiger partial charge in [-0.05, 0) is 45.6 Å². The number of aromatic nitrogens is 2. The summed E-state index contributed by atoms with van der Waals surface area (Å²) >= 11 is 0. The number of aryl methyl sites for hydroxylation is 2. The molecule has 2 aliphatic heterocycles. The van der Waals surface area contributed by atoms with Crippen LogP contribution in [-0.4, -0.2) is 58.8 Å². The van der Waals surface area contributed by atoms with Crippen LogP contribution < -0.4 is 4.74 Å². The largest absolute Gasteiger partial charge is 0.481 e. The Hall–Kier alpha value is -1.56. The van der Waals surface area contributed by atoms with E-state index < -0.39 is 0 Å². The van der Waals surface area contributed by atoms with Crippen molar-refractivity contribution in [3.8, 4) is 5.88 Å². The summed E-state index contributed by atoms with van der Waals surface area (Å²) < 4.78 is 7.36. The minimum atomic E-state index is 0.243. The molecule has 0 aliphatic carbocycles. The second-order valence-electron chi connectivity index (χ2n) is 6.70. The van der Waals surface area contributed by atoms with Gasteiger partial charge in [0.25, 0.3) is 0 Å². The Morgan fingerprint density at radius 3 is 2.65 bits per heavy atom.